The van der Waals surface area contributed by atoms with Crippen molar-refractivity contribution in [2.24, 2.45) is 5.92 Å². The van der Waals surface area contributed by atoms with Crippen molar-refractivity contribution in [1.82, 2.24) is 34.3 Å². The van der Waals surface area contributed by atoms with Crippen LogP contribution in [-0.4, -0.2) is 70.1 Å². The molecule has 0 radical (unpaired) electrons. The van der Waals surface area contributed by atoms with E-state index in [1.807, 2.05) is 20.8 Å². The van der Waals surface area contributed by atoms with Crippen LogP contribution in [0.2, 0.25) is 0 Å². The topological polar surface area (TPSA) is 167 Å². The molecule has 4 aromatic heterocycles. The van der Waals surface area contributed by atoms with Gasteiger partial charge in [-0.1, -0.05) is 0 Å². The summed E-state index contributed by atoms with van der Waals surface area (Å²) in [6.07, 6.45) is 3.58. The highest BCUT2D eigenvalue weighted by Crippen LogP contribution is 2.33. The molecule has 1 atom stereocenters. The second-order valence-electron chi connectivity index (χ2n) is 9.53. The molecule has 0 saturated carbocycles. The molecule has 5 heterocycles. The van der Waals surface area contributed by atoms with Gasteiger partial charge in [0.15, 0.2) is 23.1 Å². The van der Waals surface area contributed by atoms with E-state index in [1.165, 1.54) is 21.7 Å². The number of anilines is 1. The van der Waals surface area contributed by atoms with Gasteiger partial charge in [0.2, 0.25) is 11.8 Å². The van der Waals surface area contributed by atoms with Gasteiger partial charge in [-0.2, -0.15) is 14.6 Å². The number of nitrogen functional groups attached to an aromatic ring is 1. The van der Waals surface area contributed by atoms with Crippen LogP contribution in [0.1, 0.15) is 39.7 Å². The molecule has 3 N–H and O–H groups in total. The number of amides is 1. The van der Waals surface area contributed by atoms with E-state index in [0.29, 0.717) is 54.2 Å². The Labute approximate surface area is 199 Å². The number of fused-ring (bicyclic) bond motifs is 3. The van der Waals surface area contributed by atoms with E-state index in [0.717, 1.165) is 0 Å². The molecule has 0 aromatic carbocycles. The number of hydrogen-bond acceptors (Lipinski definition) is 9. The molecule has 13 nitrogen and oxygen atoms in total. The second-order valence-corrected chi connectivity index (χ2v) is 9.53. The molecule has 0 spiro atoms. The lowest BCUT2D eigenvalue weighted by Gasteiger charge is -2.35. The van der Waals surface area contributed by atoms with Crippen molar-refractivity contribution < 1.29 is 23.8 Å². The van der Waals surface area contributed by atoms with Crippen molar-refractivity contribution in [3.63, 3.8) is 0 Å². The monoisotopic (exact) mass is 482 g/mol. The minimum absolute atomic E-state index is 0.0449. The summed E-state index contributed by atoms with van der Waals surface area (Å²) < 4.78 is 13.6. The number of aromatic nitrogens is 6. The molecule has 1 amide bonds. The first-order valence-electron chi connectivity index (χ1n) is 11.3. The first kappa shape index (κ1) is 22.6. The number of carboxylic acid groups (broad SMARTS) is 1. The lowest BCUT2D eigenvalue weighted by molar-refractivity contribution is -0.143. The van der Waals surface area contributed by atoms with Crippen molar-refractivity contribution in [2.75, 3.05) is 18.8 Å². The predicted octanol–water partition coefficient (Wildman–Crippen LogP) is 2.59. The van der Waals surface area contributed by atoms with Crippen molar-refractivity contribution in [1.29, 1.82) is 0 Å². The lowest BCUT2D eigenvalue weighted by atomic mass is 9.89. The van der Waals surface area contributed by atoms with E-state index in [4.69, 9.17) is 14.9 Å². The van der Waals surface area contributed by atoms with Crippen molar-refractivity contribution in [3.05, 3.63) is 24.6 Å². The fraction of sp³-hybridized carbons (Fsp3) is 0.455. The summed E-state index contributed by atoms with van der Waals surface area (Å²) in [5.74, 6) is -0.473. The van der Waals surface area contributed by atoms with Gasteiger partial charge in [0.1, 0.15) is 5.60 Å². The number of piperidine rings is 1. The number of hydrogen-bond donors (Lipinski definition) is 2. The molecule has 1 fully saturated rings. The van der Waals surface area contributed by atoms with Gasteiger partial charge in [-0.25, -0.2) is 19.3 Å². The Kier molecular flexibility index (Phi) is 5.33. The van der Waals surface area contributed by atoms with Crippen LogP contribution >= 0.6 is 0 Å². The minimum Gasteiger partial charge on any atom is -0.480 e. The molecule has 0 bridgehead atoms. The maximum absolute atomic E-state index is 12.4. The first-order chi connectivity index (χ1) is 16.6. The van der Waals surface area contributed by atoms with Gasteiger partial charge in [0.05, 0.1) is 17.8 Å². The molecule has 1 aliphatic heterocycles. The van der Waals surface area contributed by atoms with E-state index >= 15 is 0 Å². The second kappa shape index (κ2) is 8.25. The first-order valence-corrected chi connectivity index (χ1v) is 11.3. The highest BCUT2D eigenvalue weighted by molar-refractivity contribution is 5.91. The van der Waals surface area contributed by atoms with Gasteiger partial charge in [0, 0.05) is 13.1 Å². The Hall–Kier alpha value is -4.16. The van der Waals surface area contributed by atoms with Crippen LogP contribution in [0.5, 0.6) is 0 Å². The maximum Gasteiger partial charge on any atom is 0.410 e. The number of carboxylic acids is 1. The number of rotatable bonds is 4. The number of nitrogens with two attached hydrogens (primary N) is 1. The summed E-state index contributed by atoms with van der Waals surface area (Å²) in [7, 11) is 0. The molecule has 184 valence electrons. The van der Waals surface area contributed by atoms with Gasteiger partial charge in [0.25, 0.3) is 0 Å². The third kappa shape index (κ3) is 4.13. The van der Waals surface area contributed by atoms with Gasteiger partial charge in [-0.3, -0.25) is 0 Å². The van der Waals surface area contributed by atoms with Crippen LogP contribution < -0.4 is 5.73 Å². The molecular weight excluding hydrogens is 456 g/mol. The average Bonchev–Trinajstić information content (AvgIpc) is 3.53. The molecule has 1 saturated heterocycles. The van der Waals surface area contributed by atoms with E-state index in [1.54, 1.807) is 17.0 Å². The SMILES string of the molecule is CC(C)(C)OC(=O)N1CCC(C(C(=O)O)n2ncc3c2nc(N)n2nc(-c4ccco4)nc32)CC1. The zero-order chi connectivity index (χ0) is 24.9. The fourth-order valence-electron chi connectivity index (χ4n) is 4.37. The van der Waals surface area contributed by atoms with Gasteiger partial charge < -0.3 is 24.9 Å². The van der Waals surface area contributed by atoms with E-state index in [2.05, 4.69) is 20.2 Å². The summed E-state index contributed by atoms with van der Waals surface area (Å²) >= 11 is 0. The largest absolute Gasteiger partial charge is 0.480 e. The summed E-state index contributed by atoms with van der Waals surface area (Å²) in [5.41, 5.74) is 6.25. The van der Waals surface area contributed by atoms with Crippen LogP contribution in [0.4, 0.5) is 10.7 Å². The Bertz CT molecular complexity index is 1390. The zero-order valence-corrected chi connectivity index (χ0v) is 19.6. The Morgan fingerprint density at radius 1 is 1.23 bits per heavy atom. The van der Waals surface area contributed by atoms with E-state index in [-0.39, 0.29) is 11.9 Å². The van der Waals surface area contributed by atoms with Crippen LogP contribution in [0.15, 0.2) is 29.0 Å². The number of likely N-dealkylation sites (tertiary alicyclic amines) is 1. The van der Waals surface area contributed by atoms with E-state index < -0.39 is 23.7 Å². The van der Waals surface area contributed by atoms with Crippen molar-refractivity contribution in [2.45, 2.75) is 45.3 Å². The zero-order valence-electron chi connectivity index (χ0n) is 19.6. The average molecular weight is 483 g/mol. The van der Waals surface area contributed by atoms with Gasteiger partial charge >= 0.3 is 12.1 Å². The number of carbonyl (C=O) groups is 2. The molecule has 5 rings (SSSR count). The summed E-state index contributed by atoms with van der Waals surface area (Å²) in [4.78, 5) is 35.3. The highest BCUT2D eigenvalue weighted by Gasteiger charge is 2.37. The predicted molar refractivity (Wildman–Crippen MR) is 123 cm³/mol. The Morgan fingerprint density at radius 2 is 1.97 bits per heavy atom. The summed E-state index contributed by atoms with van der Waals surface area (Å²) in [6.45, 7) is 6.20. The van der Waals surface area contributed by atoms with Crippen molar-refractivity contribution in [3.8, 4) is 11.6 Å². The smallest absolute Gasteiger partial charge is 0.410 e. The molecule has 0 aliphatic carbocycles. The number of aliphatic carboxylic acids is 1. The van der Waals surface area contributed by atoms with Crippen LogP contribution in [0.25, 0.3) is 28.3 Å². The number of ether oxygens (including phenoxy) is 1. The van der Waals surface area contributed by atoms with Crippen molar-refractivity contribution >= 4 is 34.7 Å². The number of furan rings is 1. The van der Waals surface area contributed by atoms with Crippen LogP contribution in [-0.2, 0) is 9.53 Å². The Morgan fingerprint density at radius 3 is 2.60 bits per heavy atom. The lowest BCUT2D eigenvalue weighted by Crippen LogP contribution is -2.44. The summed E-state index contributed by atoms with van der Waals surface area (Å²) in [6, 6.07) is 2.46. The highest BCUT2D eigenvalue weighted by atomic mass is 16.6. The van der Waals surface area contributed by atoms with Gasteiger partial charge in [-0.05, 0) is 51.7 Å². The molecule has 1 unspecified atom stereocenters. The molecule has 35 heavy (non-hydrogen) atoms. The number of carbonyl (C=O) groups excluding carboxylic acids is 1. The third-order valence-corrected chi connectivity index (χ3v) is 5.95. The molecular formula is C22H26N8O5. The quantitative estimate of drug-likeness (QED) is 0.441. The van der Waals surface area contributed by atoms with Crippen LogP contribution in [0.3, 0.4) is 0 Å². The Balaban J connectivity index is 1.45. The molecule has 13 heteroatoms. The minimum atomic E-state index is -1.04. The fourth-order valence-corrected chi connectivity index (χ4v) is 4.37. The molecule has 1 aliphatic rings. The molecule has 4 aromatic rings. The maximum atomic E-state index is 12.4. The van der Waals surface area contributed by atoms with E-state index in [9.17, 15) is 14.7 Å². The summed E-state index contributed by atoms with van der Waals surface area (Å²) in [5, 5.41) is 19.4. The normalized spacial score (nSPS) is 16.1. The van der Waals surface area contributed by atoms with Crippen LogP contribution in [0, 0.1) is 5.92 Å². The third-order valence-electron chi connectivity index (χ3n) is 5.95. The van der Waals surface area contributed by atoms with Gasteiger partial charge in [-0.15, -0.1) is 5.10 Å². The number of nitrogens with zero attached hydrogens (tertiary/aromatic N) is 7. The standard InChI is InChI=1S/C22H26N8O5/c1-22(2,3)35-21(33)28-8-6-12(7-9-28)15(19(31)32)29-18-13(11-24-29)17-25-16(14-5-4-10-34-14)27-30(17)20(23)26-18/h4-5,10-12,15H,6-9H2,1-3H3,(H2,23,26)(H,31,32).